The molecule has 0 amide bonds. The van der Waals surface area contributed by atoms with E-state index in [9.17, 15) is 15.3 Å². The monoisotopic (exact) mass is 510 g/mol. The lowest BCUT2D eigenvalue weighted by Crippen LogP contribution is -2.55. The Morgan fingerprint density at radius 2 is 2.10 bits per heavy atom. The van der Waals surface area contributed by atoms with Crippen LogP contribution in [0.3, 0.4) is 0 Å². The summed E-state index contributed by atoms with van der Waals surface area (Å²) in [5, 5.41) is 42.0. The maximum Gasteiger partial charge on any atom is 0.147 e. The zero-order valence-electron chi connectivity index (χ0n) is 15.1. The molecule has 1 saturated heterocycles. The molecule has 1 aliphatic rings. The van der Waals surface area contributed by atoms with E-state index in [2.05, 4.69) is 15.3 Å². The predicted molar refractivity (Wildman–Crippen MR) is 119 cm³/mol. The van der Waals surface area contributed by atoms with Gasteiger partial charge in [0.05, 0.1) is 12.8 Å². The Balaban J connectivity index is 1.88. The van der Waals surface area contributed by atoms with Gasteiger partial charge in [0.15, 0.2) is 0 Å². The fourth-order valence-electron chi connectivity index (χ4n) is 2.83. The highest BCUT2D eigenvalue weighted by molar-refractivity contribution is 8.03. The average Bonchev–Trinajstić information content (AvgIpc) is 3.37. The Labute approximate surface area is 195 Å². The second-order valence-corrected chi connectivity index (χ2v) is 8.98. The molecule has 3 heterocycles. The Bertz CT molecular complexity index is 936. The number of hydrogen-bond donors (Lipinski definition) is 3. The van der Waals surface area contributed by atoms with Crippen LogP contribution < -0.4 is 0 Å². The van der Waals surface area contributed by atoms with Gasteiger partial charge in [0.1, 0.15) is 45.6 Å². The fraction of sp³-hybridized carbons (Fsp3) is 0.353. The van der Waals surface area contributed by atoms with E-state index in [0.29, 0.717) is 20.8 Å². The van der Waals surface area contributed by atoms with Gasteiger partial charge in [-0.1, -0.05) is 51.8 Å². The maximum atomic E-state index is 11.0. The maximum absolute atomic E-state index is 11.0. The quantitative estimate of drug-likeness (QED) is 0.486. The normalized spacial score (nSPS) is 28.1. The lowest BCUT2D eigenvalue weighted by Gasteiger charge is -2.41. The molecular weight excluding hydrogens is 495 g/mol. The Morgan fingerprint density at radius 1 is 1.30 bits per heavy atom. The zero-order chi connectivity index (χ0) is 21.7. The number of thioether (sulfide) groups is 1. The van der Waals surface area contributed by atoms with E-state index in [1.807, 2.05) is 0 Å². The average molecular weight is 512 g/mol. The number of aliphatic hydroxyl groups is 3. The number of halogens is 3. The van der Waals surface area contributed by atoms with Gasteiger partial charge < -0.3 is 20.1 Å². The van der Waals surface area contributed by atoms with Crippen LogP contribution in [0.1, 0.15) is 6.04 Å². The molecule has 162 valence electrons. The van der Waals surface area contributed by atoms with Crippen LogP contribution in [0, 0.1) is 0 Å². The van der Waals surface area contributed by atoms with Crippen LogP contribution in [0.2, 0.25) is 5.15 Å². The number of thiazole rings is 1. The van der Waals surface area contributed by atoms with Crippen molar-refractivity contribution in [1.82, 2.24) is 20.0 Å². The first kappa shape index (κ1) is 23.7. The highest BCUT2D eigenvalue weighted by atomic mass is 35.5. The molecular formula is C17H17Cl3N4O4S2. The standard InChI is InChI=1S/C17H17Cl3N4O4S2/c18-4-1-2-9(3-5-19)30-17-15(27)13(14(26)11(7-25)28-17)24-6-10(22-23-24)16-21-12(20)8-29-16/h1-6,8,11,13-15,17,25-27H,7H2/b4-1+,5-3+,9-2+/t11?,13-,14-,15?,17+/m0/s1. The van der Waals surface area contributed by atoms with Gasteiger partial charge in [-0.25, -0.2) is 9.67 Å². The van der Waals surface area contributed by atoms with Crippen LogP contribution in [0.5, 0.6) is 0 Å². The summed E-state index contributed by atoms with van der Waals surface area (Å²) in [4.78, 5) is 4.79. The van der Waals surface area contributed by atoms with Gasteiger partial charge in [0, 0.05) is 21.4 Å². The summed E-state index contributed by atoms with van der Waals surface area (Å²) in [6, 6.07) is -0.921. The molecule has 0 spiro atoms. The smallest absolute Gasteiger partial charge is 0.147 e. The molecule has 2 unspecified atom stereocenters. The second kappa shape index (κ2) is 11.1. The minimum absolute atomic E-state index is 0.338. The molecule has 5 atom stereocenters. The van der Waals surface area contributed by atoms with E-state index in [1.54, 1.807) is 29.8 Å². The van der Waals surface area contributed by atoms with E-state index in [-0.39, 0.29) is 0 Å². The summed E-state index contributed by atoms with van der Waals surface area (Å²) in [7, 11) is 0. The van der Waals surface area contributed by atoms with Crippen LogP contribution in [0.25, 0.3) is 10.7 Å². The largest absolute Gasteiger partial charge is 0.394 e. The molecule has 8 nitrogen and oxygen atoms in total. The summed E-state index contributed by atoms with van der Waals surface area (Å²) in [5.41, 5.74) is 2.25. The van der Waals surface area contributed by atoms with Crippen molar-refractivity contribution in [2.45, 2.75) is 29.8 Å². The second-order valence-electron chi connectivity index (χ2n) is 6.05. The first-order valence-corrected chi connectivity index (χ1v) is 11.6. The third-order valence-electron chi connectivity index (χ3n) is 4.17. The molecule has 0 aliphatic carbocycles. The number of allylic oxidation sites excluding steroid dienone is 3. The molecule has 1 fully saturated rings. The van der Waals surface area contributed by atoms with Crippen molar-refractivity contribution in [3.63, 3.8) is 0 Å². The van der Waals surface area contributed by atoms with E-state index in [1.165, 1.54) is 27.1 Å². The summed E-state index contributed by atoms with van der Waals surface area (Å²) in [5.74, 6) is 0. The first-order chi connectivity index (χ1) is 14.5. The van der Waals surface area contributed by atoms with Gasteiger partial charge in [0.25, 0.3) is 0 Å². The van der Waals surface area contributed by atoms with Crippen molar-refractivity contribution in [2.24, 2.45) is 0 Å². The van der Waals surface area contributed by atoms with Crippen LogP contribution >= 0.6 is 57.9 Å². The van der Waals surface area contributed by atoms with Crippen molar-refractivity contribution in [2.75, 3.05) is 6.61 Å². The van der Waals surface area contributed by atoms with Crippen molar-refractivity contribution in [3.05, 3.63) is 50.9 Å². The molecule has 2 aromatic heterocycles. The topological polar surface area (TPSA) is 114 Å². The lowest BCUT2D eigenvalue weighted by atomic mass is 9.97. The van der Waals surface area contributed by atoms with Crippen LogP contribution in [-0.2, 0) is 4.74 Å². The number of hydrogen-bond acceptors (Lipinski definition) is 9. The lowest BCUT2D eigenvalue weighted by molar-refractivity contribution is -0.178. The number of nitrogens with zero attached hydrogens (tertiary/aromatic N) is 4. The molecule has 30 heavy (non-hydrogen) atoms. The van der Waals surface area contributed by atoms with E-state index >= 15 is 0 Å². The molecule has 0 radical (unpaired) electrons. The number of ether oxygens (including phenoxy) is 1. The highest BCUT2D eigenvalue weighted by Gasteiger charge is 2.46. The van der Waals surface area contributed by atoms with Crippen LogP contribution in [-0.4, -0.2) is 65.7 Å². The molecule has 1 aliphatic heterocycles. The predicted octanol–water partition coefficient (Wildman–Crippen LogP) is 3.16. The van der Waals surface area contributed by atoms with Crippen LogP contribution in [0.15, 0.2) is 45.8 Å². The molecule has 13 heteroatoms. The summed E-state index contributed by atoms with van der Waals surface area (Å²) >= 11 is 19.6. The first-order valence-electron chi connectivity index (χ1n) is 8.54. The Kier molecular flexibility index (Phi) is 8.75. The highest BCUT2D eigenvalue weighted by Crippen LogP contribution is 2.38. The van der Waals surface area contributed by atoms with Crippen molar-refractivity contribution >= 4 is 57.9 Å². The van der Waals surface area contributed by atoms with Gasteiger partial charge >= 0.3 is 0 Å². The SMILES string of the molecule is OCC1O[C@H](SC(/C=C/Cl)=C/C=C/Cl)C(O)[C@@H](n2cc(-c3nc(Cl)cs3)nn2)[C@H]1O. The van der Waals surface area contributed by atoms with Gasteiger partial charge in [-0.2, -0.15) is 0 Å². The summed E-state index contributed by atoms with van der Waals surface area (Å²) in [6.45, 7) is -0.447. The molecule has 3 rings (SSSR count). The summed E-state index contributed by atoms with van der Waals surface area (Å²) < 4.78 is 7.06. The third-order valence-corrected chi connectivity index (χ3v) is 6.80. The Hall–Kier alpha value is -0.950. The molecule has 2 aromatic rings. The number of aliphatic hydroxyl groups excluding tert-OH is 3. The zero-order valence-corrected chi connectivity index (χ0v) is 19.0. The van der Waals surface area contributed by atoms with Gasteiger partial charge in [0.2, 0.25) is 0 Å². The molecule has 0 aromatic carbocycles. The minimum Gasteiger partial charge on any atom is -0.394 e. The van der Waals surface area contributed by atoms with Gasteiger partial charge in [-0.05, 0) is 18.2 Å². The molecule has 3 N–H and O–H groups in total. The van der Waals surface area contributed by atoms with Crippen LogP contribution in [0.4, 0.5) is 0 Å². The van der Waals surface area contributed by atoms with E-state index in [4.69, 9.17) is 39.5 Å². The van der Waals surface area contributed by atoms with E-state index < -0.39 is 36.4 Å². The van der Waals surface area contributed by atoms with Crippen molar-refractivity contribution in [3.8, 4) is 10.7 Å². The van der Waals surface area contributed by atoms with Gasteiger partial charge in [-0.15, -0.1) is 16.4 Å². The van der Waals surface area contributed by atoms with E-state index in [0.717, 1.165) is 11.8 Å². The molecule has 0 saturated carbocycles. The minimum atomic E-state index is -1.23. The third kappa shape index (κ3) is 5.45. The fourth-order valence-corrected chi connectivity index (χ4v) is 5.08. The number of rotatable bonds is 7. The Morgan fingerprint density at radius 3 is 2.73 bits per heavy atom. The molecule has 0 bridgehead atoms. The van der Waals surface area contributed by atoms with Crippen molar-refractivity contribution < 1.29 is 20.1 Å². The number of aromatic nitrogens is 4. The summed E-state index contributed by atoms with van der Waals surface area (Å²) in [6.07, 6.45) is 3.08. The van der Waals surface area contributed by atoms with Crippen molar-refractivity contribution in [1.29, 1.82) is 0 Å². The van der Waals surface area contributed by atoms with Gasteiger partial charge in [-0.3, -0.25) is 0 Å².